The zero-order valence-electron chi connectivity index (χ0n) is 37.9. The summed E-state index contributed by atoms with van der Waals surface area (Å²) in [4.78, 5) is 73.6. The Morgan fingerprint density at radius 2 is 1.07 bits per heavy atom. The molecular formula is C43H72N4O14. The van der Waals surface area contributed by atoms with Crippen molar-refractivity contribution in [2.45, 2.75) is 123 Å². The molecule has 3 aliphatic rings. The molecule has 348 valence electrons. The van der Waals surface area contributed by atoms with Gasteiger partial charge in [-0.2, -0.15) is 0 Å². The number of alkyl carbamates (subject to hydrolysis) is 2. The summed E-state index contributed by atoms with van der Waals surface area (Å²) in [5, 5.41) is 5.03. The standard InChI is InChI=1S/C12H19NO4.C10H18O5.C9H13NO4.C7H10N2.C4H8O.CH4/c1-6-8-7-12(8,9(14)16-5)13-10(15)17-11(2,3)4;1-9(2,3)14-7(11)13-8(12)15-10(4,5)6;1-4-6-5-9(6,7(11)13-2)10-8(12)14-3;1-9(2)7-3-5-8-6-4-7;1-2-4-5-3-1;/h6,8H,1,7H2,2-5H3,(H,13,15);1-6H3;4,6H,1,5H2,2-3H3,(H,10,12);3-6H,1-2H3;1-4H2;1H4/t8?,12-;;6?,9-;;;/m0.0.../s1. The smallest absolute Gasteiger partial charge is 0.467 e. The summed E-state index contributed by atoms with van der Waals surface area (Å²) < 4.78 is 37.6. The number of ether oxygens (including phenoxy) is 8. The Hall–Kier alpha value is -5.39. The van der Waals surface area contributed by atoms with E-state index in [1.54, 1.807) is 86.9 Å². The summed E-state index contributed by atoms with van der Waals surface area (Å²) in [5.74, 6) is -1.10. The summed E-state index contributed by atoms with van der Waals surface area (Å²) in [6, 6.07) is 3.94. The summed E-state index contributed by atoms with van der Waals surface area (Å²) in [6.45, 7) is 24.5. The molecule has 1 aromatic rings. The van der Waals surface area contributed by atoms with Gasteiger partial charge in [0.1, 0.15) is 27.9 Å². The molecule has 0 aromatic carbocycles. The van der Waals surface area contributed by atoms with Gasteiger partial charge in [-0.1, -0.05) is 19.6 Å². The number of aromatic nitrogens is 1. The van der Waals surface area contributed by atoms with Gasteiger partial charge >= 0.3 is 36.4 Å². The van der Waals surface area contributed by atoms with Crippen molar-refractivity contribution in [1.82, 2.24) is 15.6 Å². The Balaban J connectivity index is 0. The third-order valence-corrected chi connectivity index (χ3v) is 7.88. The molecule has 4 atom stereocenters. The number of amides is 2. The van der Waals surface area contributed by atoms with E-state index in [4.69, 9.17) is 18.9 Å². The molecule has 2 N–H and O–H groups in total. The van der Waals surface area contributed by atoms with Gasteiger partial charge < -0.3 is 53.4 Å². The third kappa shape index (κ3) is 23.3. The van der Waals surface area contributed by atoms with Crippen LogP contribution < -0.4 is 15.5 Å². The highest BCUT2D eigenvalue weighted by atomic mass is 16.8. The molecule has 1 aliphatic heterocycles. The Kier molecular flexibility index (Phi) is 24.6. The van der Waals surface area contributed by atoms with Gasteiger partial charge in [-0.15, -0.1) is 13.2 Å². The Bertz CT molecular complexity index is 1530. The molecule has 61 heavy (non-hydrogen) atoms. The van der Waals surface area contributed by atoms with E-state index in [9.17, 15) is 28.8 Å². The first-order valence-electron chi connectivity index (χ1n) is 19.2. The maximum atomic E-state index is 11.6. The van der Waals surface area contributed by atoms with E-state index in [0.717, 1.165) is 13.2 Å². The number of hydrogen-bond donors (Lipinski definition) is 2. The van der Waals surface area contributed by atoms with E-state index in [1.807, 2.05) is 31.1 Å². The zero-order chi connectivity index (χ0) is 46.5. The van der Waals surface area contributed by atoms with Crippen LogP contribution in [0.2, 0.25) is 0 Å². The largest absolute Gasteiger partial charge is 0.519 e. The highest BCUT2D eigenvalue weighted by Crippen LogP contribution is 2.46. The van der Waals surface area contributed by atoms with Gasteiger partial charge in [-0.25, -0.2) is 28.8 Å². The summed E-state index contributed by atoms with van der Waals surface area (Å²) >= 11 is 0. The number of esters is 2. The number of rotatable bonds is 7. The summed E-state index contributed by atoms with van der Waals surface area (Å²) in [6.07, 6.45) is 7.02. The maximum absolute atomic E-state index is 11.6. The van der Waals surface area contributed by atoms with Crippen LogP contribution in [0.5, 0.6) is 0 Å². The van der Waals surface area contributed by atoms with Gasteiger partial charge in [-0.3, -0.25) is 4.98 Å². The summed E-state index contributed by atoms with van der Waals surface area (Å²) in [7, 11) is 7.83. The molecule has 0 spiro atoms. The van der Waals surface area contributed by atoms with Crippen LogP contribution in [0.15, 0.2) is 49.8 Å². The van der Waals surface area contributed by atoms with Gasteiger partial charge in [0.25, 0.3) is 0 Å². The molecule has 2 heterocycles. The van der Waals surface area contributed by atoms with Crippen LogP contribution in [0.25, 0.3) is 0 Å². The van der Waals surface area contributed by atoms with Gasteiger partial charge in [0, 0.05) is 57.2 Å². The second-order valence-electron chi connectivity index (χ2n) is 16.7. The van der Waals surface area contributed by atoms with Crippen molar-refractivity contribution >= 4 is 42.1 Å². The lowest BCUT2D eigenvalue weighted by Gasteiger charge is -2.22. The van der Waals surface area contributed by atoms with E-state index in [1.165, 1.54) is 39.9 Å². The number of carbonyl (C=O) groups is 6. The lowest BCUT2D eigenvalue weighted by atomic mass is 10.2. The topological polar surface area (TPSA) is 216 Å². The van der Waals surface area contributed by atoms with Crippen molar-refractivity contribution in [2.24, 2.45) is 11.8 Å². The first-order valence-corrected chi connectivity index (χ1v) is 19.2. The van der Waals surface area contributed by atoms with Crippen molar-refractivity contribution in [1.29, 1.82) is 0 Å². The van der Waals surface area contributed by atoms with Crippen molar-refractivity contribution in [3.05, 3.63) is 49.8 Å². The minimum absolute atomic E-state index is 0. The normalized spacial score (nSPS) is 20.4. The van der Waals surface area contributed by atoms with Crippen LogP contribution in [0.1, 0.15) is 95.4 Å². The van der Waals surface area contributed by atoms with Crippen LogP contribution in [0.3, 0.4) is 0 Å². The monoisotopic (exact) mass is 869 g/mol. The van der Waals surface area contributed by atoms with Crippen molar-refractivity contribution in [2.75, 3.05) is 53.5 Å². The molecule has 4 rings (SSSR count). The molecule has 18 heteroatoms. The van der Waals surface area contributed by atoms with Gasteiger partial charge in [0.2, 0.25) is 0 Å². The first-order chi connectivity index (χ1) is 27.6. The van der Waals surface area contributed by atoms with Crippen LogP contribution in [0.4, 0.5) is 24.9 Å². The summed E-state index contributed by atoms with van der Waals surface area (Å²) in [5.41, 5.74) is -2.74. The molecule has 1 aromatic heterocycles. The minimum atomic E-state index is -1.06. The van der Waals surface area contributed by atoms with Crippen molar-refractivity contribution in [3.8, 4) is 0 Å². The van der Waals surface area contributed by atoms with E-state index in [-0.39, 0.29) is 19.3 Å². The van der Waals surface area contributed by atoms with Gasteiger partial charge in [0.15, 0.2) is 0 Å². The third-order valence-electron chi connectivity index (χ3n) is 7.88. The number of pyridine rings is 1. The lowest BCUT2D eigenvalue weighted by Crippen LogP contribution is -2.47. The minimum Gasteiger partial charge on any atom is -0.467 e. The molecule has 0 bridgehead atoms. The van der Waals surface area contributed by atoms with Crippen LogP contribution >= 0.6 is 0 Å². The molecule has 2 aliphatic carbocycles. The van der Waals surface area contributed by atoms with E-state index in [2.05, 4.69) is 47.7 Å². The van der Waals surface area contributed by atoms with E-state index >= 15 is 0 Å². The van der Waals surface area contributed by atoms with E-state index in [0.29, 0.717) is 12.8 Å². The quantitative estimate of drug-likeness (QED) is 0.117. The zero-order valence-corrected chi connectivity index (χ0v) is 37.9. The molecule has 2 unspecified atom stereocenters. The fraction of sp³-hybridized carbons (Fsp3) is 0.651. The van der Waals surface area contributed by atoms with Crippen molar-refractivity contribution < 1.29 is 66.7 Å². The molecule has 2 saturated carbocycles. The lowest BCUT2D eigenvalue weighted by molar-refractivity contribution is -0.145. The molecule has 18 nitrogen and oxygen atoms in total. The molecular weight excluding hydrogens is 796 g/mol. The molecule has 0 radical (unpaired) electrons. The maximum Gasteiger partial charge on any atom is 0.519 e. The van der Waals surface area contributed by atoms with Gasteiger partial charge in [0.05, 0.1) is 21.3 Å². The predicted octanol–water partition coefficient (Wildman–Crippen LogP) is 7.54. The second kappa shape index (κ2) is 26.1. The molecule has 1 saturated heterocycles. The number of methoxy groups -OCH3 is 3. The van der Waals surface area contributed by atoms with Crippen molar-refractivity contribution in [3.63, 3.8) is 0 Å². The number of nitrogens with zero attached hydrogens (tertiary/aromatic N) is 2. The SMILES string of the molecule is C.C1CCOC1.C=CC1C[C@@]1(NC(=O)OC(C)(C)C)C(=O)OC.C=CC1C[C@@]1(NC(=O)OC)C(=O)OC.CC(C)(C)OC(=O)OC(=O)OC(C)(C)C.CN(C)c1ccncc1. The Labute approximate surface area is 362 Å². The highest BCUT2D eigenvalue weighted by molar-refractivity contribution is 5.90. The first kappa shape index (κ1) is 57.7. The Morgan fingerprint density at radius 3 is 1.31 bits per heavy atom. The number of hydrogen-bond acceptors (Lipinski definition) is 16. The second-order valence-corrected chi connectivity index (χ2v) is 16.7. The Morgan fingerprint density at radius 1 is 0.689 bits per heavy atom. The van der Waals surface area contributed by atoms with E-state index < -0.39 is 64.3 Å². The fourth-order valence-corrected chi connectivity index (χ4v) is 4.85. The van der Waals surface area contributed by atoms with Gasteiger partial charge in [-0.05, 0) is 100 Å². The molecule has 3 fully saturated rings. The number of carbonyl (C=O) groups excluding carboxylic acids is 6. The number of anilines is 1. The average molecular weight is 869 g/mol. The number of nitrogens with one attached hydrogen (secondary N) is 2. The predicted molar refractivity (Wildman–Crippen MR) is 230 cm³/mol. The fourth-order valence-electron chi connectivity index (χ4n) is 4.85. The van der Waals surface area contributed by atoms with Crippen LogP contribution in [-0.4, -0.2) is 118 Å². The highest BCUT2D eigenvalue weighted by Gasteiger charge is 2.62. The molecule has 2 amide bonds. The average Bonchev–Trinajstić information content (AvgIpc) is 3.94. The van der Waals surface area contributed by atoms with Crippen LogP contribution in [0, 0.1) is 11.8 Å². The van der Waals surface area contributed by atoms with Crippen LogP contribution in [-0.2, 0) is 47.5 Å².